The van der Waals surface area contributed by atoms with Crippen LogP contribution in [0.15, 0.2) is 47.4 Å². The second-order valence-corrected chi connectivity index (χ2v) is 9.56. The molecule has 0 spiro atoms. The number of halogens is 1. The van der Waals surface area contributed by atoms with Crippen molar-refractivity contribution in [3.8, 4) is 0 Å². The summed E-state index contributed by atoms with van der Waals surface area (Å²) in [5, 5.41) is 21.0. The highest BCUT2D eigenvalue weighted by atomic mass is 32.2. The van der Waals surface area contributed by atoms with Crippen molar-refractivity contribution in [1.82, 2.24) is 9.21 Å². The highest BCUT2D eigenvalue weighted by Crippen LogP contribution is 2.30. The van der Waals surface area contributed by atoms with E-state index in [9.17, 15) is 37.6 Å². The van der Waals surface area contributed by atoms with Gasteiger partial charge in [-0.3, -0.25) is 14.9 Å². The Morgan fingerprint density at radius 1 is 1.27 bits per heavy atom. The van der Waals surface area contributed by atoms with Gasteiger partial charge in [0.25, 0.3) is 15.7 Å². The van der Waals surface area contributed by atoms with Gasteiger partial charge in [0.15, 0.2) is 4.90 Å². The number of piperazine rings is 1. The van der Waals surface area contributed by atoms with E-state index in [4.69, 9.17) is 0 Å². The van der Waals surface area contributed by atoms with Crippen LogP contribution in [-0.4, -0.2) is 64.7 Å². The van der Waals surface area contributed by atoms with Crippen molar-refractivity contribution in [3.63, 3.8) is 0 Å². The average molecular weight is 479 g/mol. The molecule has 0 aliphatic carbocycles. The molecule has 1 heterocycles. The number of carboxylic acid groups (broad SMARTS) is 1. The first kappa shape index (κ1) is 24.3. The Labute approximate surface area is 189 Å². The topological polar surface area (TPSA) is 138 Å². The monoisotopic (exact) mass is 479 g/mol. The maximum Gasteiger partial charge on any atom is 0.326 e. The van der Waals surface area contributed by atoms with Crippen LogP contribution in [0.25, 0.3) is 0 Å². The highest BCUT2D eigenvalue weighted by Gasteiger charge is 2.44. The molecule has 1 fully saturated rings. The third kappa shape index (κ3) is 4.71. The zero-order valence-electron chi connectivity index (χ0n) is 17.8. The lowest BCUT2D eigenvalue weighted by molar-refractivity contribution is -0.387. The fourth-order valence-electron chi connectivity index (χ4n) is 3.82. The quantitative estimate of drug-likeness (QED) is 0.473. The second-order valence-electron chi connectivity index (χ2n) is 7.70. The summed E-state index contributed by atoms with van der Waals surface area (Å²) >= 11 is 0. The van der Waals surface area contributed by atoms with Crippen LogP contribution in [0.4, 0.5) is 10.1 Å². The summed E-state index contributed by atoms with van der Waals surface area (Å²) < 4.78 is 41.4. The number of carbonyl (C=O) groups excluding carboxylic acids is 1. The molecule has 176 valence electrons. The average Bonchev–Trinajstić information content (AvgIpc) is 2.75. The molecule has 0 radical (unpaired) electrons. The molecular formula is C21H22FN3O7S. The lowest BCUT2D eigenvalue weighted by Crippen LogP contribution is -2.61. The molecule has 2 aromatic carbocycles. The van der Waals surface area contributed by atoms with Gasteiger partial charge >= 0.3 is 5.97 Å². The number of nitro groups is 1. The lowest BCUT2D eigenvalue weighted by atomic mass is 10.0. The van der Waals surface area contributed by atoms with Gasteiger partial charge in [0.2, 0.25) is 5.91 Å². The molecule has 1 N–H and O–H groups in total. The molecule has 1 saturated heterocycles. The Hall–Kier alpha value is -3.38. The van der Waals surface area contributed by atoms with Gasteiger partial charge in [-0.25, -0.2) is 17.6 Å². The van der Waals surface area contributed by atoms with E-state index in [-0.39, 0.29) is 25.1 Å². The molecule has 0 bridgehead atoms. The van der Waals surface area contributed by atoms with Crippen molar-refractivity contribution in [3.05, 3.63) is 69.5 Å². The van der Waals surface area contributed by atoms with E-state index >= 15 is 0 Å². The number of aliphatic carboxylic acids is 1. The van der Waals surface area contributed by atoms with Crippen LogP contribution in [0.2, 0.25) is 0 Å². The fraction of sp³-hybridized carbons (Fsp3) is 0.333. The fourth-order valence-corrected chi connectivity index (χ4v) is 5.56. The van der Waals surface area contributed by atoms with Crippen LogP contribution in [-0.2, 0) is 26.0 Å². The first-order chi connectivity index (χ1) is 15.4. The molecule has 1 aliphatic heterocycles. The van der Waals surface area contributed by atoms with Crippen molar-refractivity contribution in [2.45, 2.75) is 37.2 Å². The Balaban J connectivity index is 1.89. The van der Waals surface area contributed by atoms with E-state index in [0.29, 0.717) is 5.56 Å². The lowest BCUT2D eigenvalue weighted by Gasteiger charge is -2.40. The van der Waals surface area contributed by atoms with Gasteiger partial charge in [-0.15, -0.1) is 0 Å². The third-order valence-electron chi connectivity index (χ3n) is 5.57. The minimum absolute atomic E-state index is 0.114. The van der Waals surface area contributed by atoms with Gasteiger partial charge in [0.1, 0.15) is 17.9 Å². The number of aryl methyl sites for hydroxylation is 1. The smallest absolute Gasteiger partial charge is 0.326 e. The van der Waals surface area contributed by atoms with E-state index in [1.54, 1.807) is 13.0 Å². The molecule has 1 aliphatic rings. The molecule has 2 atom stereocenters. The number of nitrogens with zero attached hydrogens (tertiary/aromatic N) is 3. The summed E-state index contributed by atoms with van der Waals surface area (Å²) in [5.41, 5.74) is 0.142. The zero-order valence-corrected chi connectivity index (χ0v) is 18.7. The molecule has 2 aromatic rings. The Morgan fingerprint density at radius 3 is 2.55 bits per heavy atom. The molecule has 1 unspecified atom stereocenters. The van der Waals surface area contributed by atoms with E-state index < -0.39 is 55.3 Å². The standard InChI is InChI=1S/C21H22FN3O7S/c1-13-7-8-15(16(22)11-13)12-18(21(27)28)23-9-10-24(14(2)20(23)26)33(31,32)19-6-4-3-5-17(19)25(29)30/h3-8,11,14,18H,9-10,12H2,1-2H3,(H,27,28)/t14-,18?/m0/s1. The van der Waals surface area contributed by atoms with Crippen molar-refractivity contribution in [2.24, 2.45) is 0 Å². The van der Waals surface area contributed by atoms with E-state index in [1.807, 2.05) is 0 Å². The van der Waals surface area contributed by atoms with Crippen LogP contribution in [0.5, 0.6) is 0 Å². The van der Waals surface area contributed by atoms with Crippen LogP contribution in [0.1, 0.15) is 18.1 Å². The molecule has 1 amide bonds. The van der Waals surface area contributed by atoms with Gasteiger partial charge in [-0.05, 0) is 37.1 Å². The first-order valence-electron chi connectivity index (χ1n) is 9.98. The predicted octanol–water partition coefficient (Wildman–Crippen LogP) is 1.96. The highest BCUT2D eigenvalue weighted by molar-refractivity contribution is 7.89. The number of carboxylic acids is 1. The molecule has 0 aromatic heterocycles. The van der Waals surface area contributed by atoms with Crippen LogP contribution in [0, 0.1) is 22.9 Å². The number of hydrogen-bond donors (Lipinski definition) is 1. The van der Waals surface area contributed by atoms with E-state index in [2.05, 4.69) is 0 Å². The number of nitro benzene ring substituents is 1. The minimum Gasteiger partial charge on any atom is -0.480 e. The summed E-state index contributed by atoms with van der Waals surface area (Å²) in [7, 11) is -4.42. The van der Waals surface area contributed by atoms with Crippen LogP contribution >= 0.6 is 0 Å². The number of benzene rings is 2. The van der Waals surface area contributed by atoms with Crippen molar-refractivity contribution >= 4 is 27.6 Å². The van der Waals surface area contributed by atoms with Gasteiger partial charge < -0.3 is 10.0 Å². The molecular weight excluding hydrogens is 457 g/mol. The van der Waals surface area contributed by atoms with Gasteiger partial charge in [-0.2, -0.15) is 4.31 Å². The number of amides is 1. The number of rotatable bonds is 7. The largest absolute Gasteiger partial charge is 0.480 e. The van der Waals surface area contributed by atoms with Crippen molar-refractivity contribution in [2.75, 3.05) is 13.1 Å². The maximum atomic E-state index is 14.3. The van der Waals surface area contributed by atoms with Crippen molar-refractivity contribution in [1.29, 1.82) is 0 Å². The second kappa shape index (κ2) is 9.24. The summed E-state index contributed by atoms with van der Waals surface area (Å²) in [6, 6.07) is 6.40. The molecule has 12 heteroatoms. The van der Waals surface area contributed by atoms with Gasteiger partial charge in [0, 0.05) is 25.6 Å². The Morgan fingerprint density at radius 2 is 1.94 bits per heavy atom. The Kier molecular flexibility index (Phi) is 6.79. The minimum atomic E-state index is -4.42. The SMILES string of the molecule is Cc1ccc(CC(C(=O)O)N2CCN(S(=O)(=O)c3ccccc3[N+](=O)[O-])[C@@H](C)C2=O)c(F)c1. The van der Waals surface area contributed by atoms with Crippen LogP contribution < -0.4 is 0 Å². The maximum absolute atomic E-state index is 14.3. The summed E-state index contributed by atoms with van der Waals surface area (Å²) in [6.45, 7) is 2.42. The van der Waals surface area contributed by atoms with Crippen LogP contribution in [0.3, 0.4) is 0 Å². The van der Waals surface area contributed by atoms with E-state index in [1.165, 1.54) is 31.2 Å². The van der Waals surface area contributed by atoms with E-state index in [0.717, 1.165) is 21.3 Å². The normalized spacial score (nSPS) is 18.2. The summed E-state index contributed by atoms with van der Waals surface area (Å²) in [5.74, 6) is -2.74. The number of para-hydroxylation sites is 1. The van der Waals surface area contributed by atoms with Gasteiger partial charge in [-0.1, -0.05) is 24.3 Å². The molecule has 0 saturated carbocycles. The number of hydrogen-bond acceptors (Lipinski definition) is 6. The first-order valence-corrected chi connectivity index (χ1v) is 11.4. The van der Waals surface area contributed by atoms with Crippen molar-refractivity contribution < 1.29 is 32.4 Å². The van der Waals surface area contributed by atoms with Gasteiger partial charge in [0.05, 0.1) is 4.92 Å². The number of carbonyl (C=O) groups is 2. The molecule has 3 rings (SSSR count). The molecule has 10 nitrogen and oxygen atoms in total. The molecule has 33 heavy (non-hydrogen) atoms. The summed E-state index contributed by atoms with van der Waals surface area (Å²) in [4.78, 5) is 35.9. The third-order valence-corrected chi connectivity index (χ3v) is 7.58. The Bertz CT molecular complexity index is 1220. The predicted molar refractivity (Wildman–Crippen MR) is 114 cm³/mol. The summed E-state index contributed by atoms with van der Waals surface area (Å²) in [6.07, 6.45) is -0.295. The zero-order chi connectivity index (χ0) is 24.5. The number of sulfonamides is 1.